The molecule has 3 aromatic rings. The van der Waals surface area contributed by atoms with Crippen LogP contribution in [0.5, 0.6) is 0 Å². The molecule has 0 N–H and O–H groups in total. The van der Waals surface area contributed by atoms with Crippen LogP contribution in [-0.2, 0) is 6.54 Å². The third-order valence-electron chi connectivity index (χ3n) is 4.27. The van der Waals surface area contributed by atoms with Gasteiger partial charge < -0.3 is 0 Å². The Bertz CT molecular complexity index is 975. The number of aromatic nitrogens is 2. The minimum atomic E-state index is -0.164. The molecule has 0 saturated heterocycles. The summed E-state index contributed by atoms with van der Waals surface area (Å²) in [6.07, 6.45) is 1.65. The molecule has 134 valence electrons. The Morgan fingerprint density at radius 1 is 1.12 bits per heavy atom. The Balaban J connectivity index is 2.09. The molecule has 0 aliphatic rings. The van der Waals surface area contributed by atoms with E-state index in [2.05, 4.69) is 28.8 Å². The van der Waals surface area contributed by atoms with Crippen molar-refractivity contribution in [2.24, 2.45) is 5.10 Å². The fourth-order valence-corrected chi connectivity index (χ4v) is 2.84. The Morgan fingerprint density at radius 3 is 2.50 bits per heavy atom. The lowest BCUT2D eigenvalue weighted by Crippen LogP contribution is -2.29. The van der Waals surface area contributed by atoms with Gasteiger partial charge in [-0.25, -0.2) is 4.98 Å². The number of halogens is 1. The summed E-state index contributed by atoms with van der Waals surface area (Å²) in [6, 6.07) is 14.7. The number of hydrogen-bond donors (Lipinski definition) is 0. The zero-order chi connectivity index (χ0) is 18.5. The first-order chi connectivity index (χ1) is 12.6. The molecule has 0 amide bonds. The van der Waals surface area contributed by atoms with Gasteiger partial charge in [0.15, 0.2) is 0 Å². The molecule has 2 aromatic carbocycles. The van der Waals surface area contributed by atoms with E-state index in [-0.39, 0.29) is 5.56 Å². The summed E-state index contributed by atoms with van der Waals surface area (Å²) in [7, 11) is 0. The van der Waals surface area contributed by atoms with E-state index in [1.165, 1.54) is 4.68 Å². The molecule has 1 heterocycles. The van der Waals surface area contributed by atoms with E-state index in [4.69, 9.17) is 11.6 Å². The minimum Gasteiger partial charge on any atom is -0.296 e. The van der Waals surface area contributed by atoms with E-state index in [0.29, 0.717) is 28.3 Å². The first-order valence-corrected chi connectivity index (χ1v) is 9.03. The molecular formula is C20H21ClN4O. The number of nitrogens with zero attached hydrogens (tertiary/aromatic N) is 4. The smallest absolute Gasteiger partial charge is 0.282 e. The molecule has 0 radical (unpaired) electrons. The van der Waals surface area contributed by atoms with Crippen LogP contribution in [0.4, 0.5) is 0 Å². The van der Waals surface area contributed by atoms with Crippen molar-refractivity contribution >= 4 is 28.7 Å². The predicted molar refractivity (Wildman–Crippen MR) is 107 cm³/mol. The minimum absolute atomic E-state index is 0.164. The highest BCUT2D eigenvalue weighted by molar-refractivity contribution is 6.30. The normalized spacial score (nSPS) is 11.7. The average Bonchev–Trinajstić information content (AvgIpc) is 2.67. The SMILES string of the molecule is CCN(CC)Cc1nc2ccccc2c(=O)n1N=Cc1ccc(Cl)cc1. The van der Waals surface area contributed by atoms with E-state index in [0.717, 1.165) is 18.7 Å². The third kappa shape index (κ3) is 4.00. The van der Waals surface area contributed by atoms with Gasteiger partial charge in [0.05, 0.1) is 23.7 Å². The maximum atomic E-state index is 13.0. The number of fused-ring (bicyclic) bond motifs is 1. The Hall–Kier alpha value is -2.50. The van der Waals surface area contributed by atoms with Gasteiger partial charge in [-0.1, -0.05) is 49.7 Å². The molecule has 6 heteroatoms. The highest BCUT2D eigenvalue weighted by Gasteiger charge is 2.12. The van der Waals surface area contributed by atoms with Crippen molar-refractivity contribution in [3.8, 4) is 0 Å². The van der Waals surface area contributed by atoms with Crippen molar-refractivity contribution in [2.75, 3.05) is 13.1 Å². The fourth-order valence-electron chi connectivity index (χ4n) is 2.71. The van der Waals surface area contributed by atoms with E-state index in [9.17, 15) is 4.79 Å². The maximum Gasteiger partial charge on any atom is 0.282 e. The van der Waals surface area contributed by atoms with Crippen LogP contribution in [0.2, 0.25) is 5.02 Å². The molecule has 0 unspecified atom stereocenters. The Morgan fingerprint density at radius 2 is 1.81 bits per heavy atom. The zero-order valence-corrected chi connectivity index (χ0v) is 15.6. The summed E-state index contributed by atoms with van der Waals surface area (Å²) < 4.78 is 1.40. The monoisotopic (exact) mass is 368 g/mol. The average molecular weight is 369 g/mol. The van der Waals surface area contributed by atoms with Gasteiger partial charge in [0.1, 0.15) is 5.82 Å². The quantitative estimate of drug-likeness (QED) is 0.622. The number of benzene rings is 2. The molecule has 1 aromatic heterocycles. The fraction of sp³-hybridized carbons (Fsp3) is 0.250. The van der Waals surface area contributed by atoms with Crippen molar-refractivity contribution in [1.29, 1.82) is 0 Å². The van der Waals surface area contributed by atoms with Crippen LogP contribution in [-0.4, -0.2) is 33.9 Å². The molecule has 0 aliphatic carbocycles. The van der Waals surface area contributed by atoms with E-state index < -0.39 is 0 Å². The standard InChI is InChI=1S/C20H21ClN4O/c1-3-24(4-2)14-19-23-18-8-6-5-7-17(18)20(26)25(19)22-13-15-9-11-16(21)12-10-15/h5-13H,3-4,14H2,1-2H3. The second-order valence-corrected chi connectivity index (χ2v) is 6.36. The van der Waals surface area contributed by atoms with E-state index in [1.54, 1.807) is 24.4 Å². The molecule has 3 rings (SSSR count). The predicted octanol–water partition coefficient (Wildman–Crippen LogP) is 3.77. The van der Waals surface area contributed by atoms with Gasteiger partial charge in [0.2, 0.25) is 0 Å². The van der Waals surface area contributed by atoms with Crippen molar-refractivity contribution in [2.45, 2.75) is 20.4 Å². The van der Waals surface area contributed by atoms with Crippen LogP contribution in [0.3, 0.4) is 0 Å². The van der Waals surface area contributed by atoms with Crippen LogP contribution in [0.15, 0.2) is 58.4 Å². The molecule has 0 spiro atoms. The summed E-state index contributed by atoms with van der Waals surface area (Å²) in [5.74, 6) is 0.627. The zero-order valence-electron chi connectivity index (χ0n) is 14.9. The molecule has 5 nitrogen and oxygen atoms in total. The van der Waals surface area contributed by atoms with Crippen LogP contribution in [0.25, 0.3) is 10.9 Å². The van der Waals surface area contributed by atoms with Crippen LogP contribution in [0.1, 0.15) is 25.2 Å². The van der Waals surface area contributed by atoms with E-state index >= 15 is 0 Å². The summed E-state index contributed by atoms with van der Waals surface area (Å²) in [5, 5.41) is 5.64. The number of para-hydroxylation sites is 1. The third-order valence-corrected chi connectivity index (χ3v) is 4.52. The van der Waals surface area contributed by atoms with Gasteiger partial charge in [0, 0.05) is 5.02 Å². The topological polar surface area (TPSA) is 50.5 Å². The van der Waals surface area contributed by atoms with E-state index in [1.807, 2.05) is 30.3 Å². The Kier molecular flexibility index (Phi) is 5.81. The van der Waals surface area contributed by atoms with Gasteiger partial charge in [0.25, 0.3) is 5.56 Å². The van der Waals surface area contributed by atoms with Gasteiger partial charge >= 0.3 is 0 Å². The summed E-state index contributed by atoms with van der Waals surface area (Å²) >= 11 is 5.92. The molecule has 0 atom stereocenters. The second kappa shape index (κ2) is 8.25. The van der Waals surface area contributed by atoms with Crippen LogP contribution in [0, 0.1) is 0 Å². The Labute approximate surface area is 157 Å². The molecule has 0 bridgehead atoms. The van der Waals surface area contributed by atoms with Gasteiger partial charge in [-0.2, -0.15) is 9.78 Å². The summed E-state index contributed by atoms with van der Waals surface area (Å²) in [6.45, 7) is 6.49. The van der Waals surface area contributed by atoms with Crippen molar-refractivity contribution in [3.63, 3.8) is 0 Å². The first-order valence-electron chi connectivity index (χ1n) is 8.65. The molecule has 0 aliphatic heterocycles. The number of rotatable bonds is 6. The first kappa shape index (κ1) is 18.3. The highest BCUT2D eigenvalue weighted by atomic mass is 35.5. The van der Waals surface area contributed by atoms with Crippen molar-refractivity contribution in [3.05, 3.63) is 75.3 Å². The highest BCUT2D eigenvalue weighted by Crippen LogP contribution is 2.11. The molecule has 0 saturated carbocycles. The van der Waals surface area contributed by atoms with Crippen molar-refractivity contribution < 1.29 is 0 Å². The van der Waals surface area contributed by atoms with Crippen molar-refractivity contribution in [1.82, 2.24) is 14.6 Å². The lowest BCUT2D eigenvalue weighted by molar-refractivity contribution is 0.283. The van der Waals surface area contributed by atoms with Gasteiger partial charge in [-0.05, 0) is 42.9 Å². The molecule has 26 heavy (non-hydrogen) atoms. The van der Waals surface area contributed by atoms with Gasteiger partial charge in [-0.15, -0.1) is 0 Å². The van der Waals surface area contributed by atoms with Crippen LogP contribution >= 0.6 is 11.6 Å². The largest absolute Gasteiger partial charge is 0.296 e. The maximum absolute atomic E-state index is 13.0. The molecule has 0 fully saturated rings. The van der Waals surface area contributed by atoms with Crippen LogP contribution < -0.4 is 5.56 Å². The second-order valence-electron chi connectivity index (χ2n) is 5.92. The molecular weight excluding hydrogens is 348 g/mol. The summed E-state index contributed by atoms with van der Waals surface area (Å²) in [5.41, 5.74) is 1.39. The lowest BCUT2D eigenvalue weighted by atomic mass is 10.2. The van der Waals surface area contributed by atoms with Gasteiger partial charge in [-0.3, -0.25) is 9.69 Å². The lowest BCUT2D eigenvalue weighted by Gasteiger charge is -2.19. The number of hydrogen-bond acceptors (Lipinski definition) is 4. The summed E-state index contributed by atoms with van der Waals surface area (Å²) in [4.78, 5) is 19.8.